The fourth-order valence-corrected chi connectivity index (χ4v) is 1.44. The first-order chi connectivity index (χ1) is 7.02. The Labute approximate surface area is 93.5 Å². The maximum absolute atomic E-state index is 11.8. The van der Waals surface area contributed by atoms with Crippen molar-refractivity contribution in [3.8, 4) is 5.75 Å². The number of aromatic hydroxyl groups is 1. The normalized spacial score (nSPS) is 12.2. The number of hydrogen-bond donors (Lipinski definition) is 1. The average molecular weight is 229 g/mol. The standard InChI is InChI=1S/C10H13ClN2O2/c1-7(11)6-13(2)10(15)8-3-4-12-5-9(8)14/h3-5,7,14H,6H2,1-2H3. The zero-order valence-corrected chi connectivity index (χ0v) is 9.40. The van der Waals surface area contributed by atoms with Crippen LogP contribution in [0.25, 0.3) is 0 Å². The van der Waals surface area contributed by atoms with Gasteiger partial charge in [-0.05, 0) is 13.0 Å². The first-order valence-corrected chi connectivity index (χ1v) is 4.98. The van der Waals surface area contributed by atoms with Crippen LogP contribution in [-0.2, 0) is 0 Å². The Kier molecular flexibility index (Phi) is 3.91. The molecule has 82 valence electrons. The molecule has 0 aliphatic rings. The predicted molar refractivity (Wildman–Crippen MR) is 58.2 cm³/mol. The van der Waals surface area contributed by atoms with Crippen LogP contribution >= 0.6 is 11.6 Å². The summed E-state index contributed by atoms with van der Waals surface area (Å²) in [5.41, 5.74) is 0.241. The lowest BCUT2D eigenvalue weighted by molar-refractivity contribution is 0.0793. The van der Waals surface area contributed by atoms with E-state index < -0.39 is 0 Å². The molecule has 1 rings (SSSR count). The van der Waals surface area contributed by atoms with Crippen molar-refractivity contribution in [2.45, 2.75) is 12.3 Å². The summed E-state index contributed by atoms with van der Waals surface area (Å²) in [4.78, 5) is 16.9. The Balaban J connectivity index is 2.81. The van der Waals surface area contributed by atoms with Crippen molar-refractivity contribution in [3.05, 3.63) is 24.0 Å². The minimum Gasteiger partial charge on any atom is -0.505 e. The van der Waals surface area contributed by atoms with Crippen LogP contribution in [0.4, 0.5) is 0 Å². The van der Waals surface area contributed by atoms with E-state index in [9.17, 15) is 9.90 Å². The lowest BCUT2D eigenvalue weighted by Crippen LogP contribution is -2.31. The summed E-state index contributed by atoms with van der Waals surface area (Å²) >= 11 is 5.78. The van der Waals surface area contributed by atoms with Gasteiger partial charge in [0.05, 0.1) is 11.8 Å². The van der Waals surface area contributed by atoms with Gasteiger partial charge in [0, 0.05) is 25.2 Å². The van der Waals surface area contributed by atoms with Crippen molar-refractivity contribution < 1.29 is 9.90 Å². The second-order valence-corrected chi connectivity index (χ2v) is 4.10. The van der Waals surface area contributed by atoms with Gasteiger partial charge in [-0.2, -0.15) is 0 Å². The maximum Gasteiger partial charge on any atom is 0.257 e. The van der Waals surface area contributed by atoms with Crippen LogP contribution in [0.5, 0.6) is 5.75 Å². The van der Waals surface area contributed by atoms with E-state index in [1.165, 1.54) is 23.4 Å². The molecule has 1 unspecified atom stereocenters. The third-order valence-electron chi connectivity index (χ3n) is 1.90. The van der Waals surface area contributed by atoms with Crippen LogP contribution in [0.1, 0.15) is 17.3 Å². The molecule has 0 aliphatic heterocycles. The largest absolute Gasteiger partial charge is 0.505 e. The number of nitrogens with zero attached hydrogens (tertiary/aromatic N) is 2. The van der Waals surface area contributed by atoms with Crippen molar-refractivity contribution >= 4 is 17.5 Å². The molecule has 1 amide bonds. The predicted octanol–water partition coefficient (Wildman–Crippen LogP) is 1.49. The van der Waals surface area contributed by atoms with Gasteiger partial charge in [-0.25, -0.2) is 0 Å². The molecule has 5 heteroatoms. The zero-order valence-electron chi connectivity index (χ0n) is 8.64. The smallest absolute Gasteiger partial charge is 0.257 e. The SMILES string of the molecule is CC(Cl)CN(C)C(=O)c1ccncc1O. The molecular formula is C10H13ClN2O2. The molecule has 0 aromatic carbocycles. The second-order valence-electron chi connectivity index (χ2n) is 3.36. The number of pyridine rings is 1. The molecule has 15 heavy (non-hydrogen) atoms. The van der Waals surface area contributed by atoms with Gasteiger partial charge in [0.15, 0.2) is 0 Å². The molecule has 0 saturated carbocycles. The number of halogens is 1. The number of amides is 1. The van der Waals surface area contributed by atoms with Gasteiger partial charge < -0.3 is 10.0 Å². The summed E-state index contributed by atoms with van der Waals surface area (Å²) in [5.74, 6) is -0.376. The van der Waals surface area contributed by atoms with Gasteiger partial charge in [0.25, 0.3) is 5.91 Å². The van der Waals surface area contributed by atoms with Gasteiger partial charge >= 0.3 is 0 Å². The molecule has 0 radical (unpaired) electrons. The monoisotopic (exact) mass is 228 g/mol. The number of alkyl halides is 1. The van der Waals surface area contributed by atoms with Crippen molar-refractivity contribution in [2.75, 3.05) is 13.6 Å². The van der Waals surface area contributed by atoms with Gasteiger partial charge in [0.1, 0.15) is 5.75 Å². The Morgan fingerprint density at radius 2 is 2.40 bits per heavy atom. The molecule has 1 heterocycles. The van der Waals surface area contributed by atoms with Crippen molar-refractivity contribution in [1.29, 1.82) is 0 Å². The van der Waals surface area contributed by atoms with Crippen LogP contribution in [0.3, 0.4) is 0 Å². The van der Waals surface area contributed by atoms with Crippen LogP contribution < -0.4 is 0 Å². The molecule has 0 fully saturated rings. The van der Waals surface area contributed by atoms with E-state index in [2.05, 4.69) is 4.98 Å². The maximum atomic E-state index is 11.8. The molecule has 4 nitrogen and oxygen atoms in total. The van der Waals surface area contributed by atoms with Gasteiger partial charge in [0.2, 0.25) is 0 Å². The van der Waals surface area contributed by atoms with Crippen LogP contribution in [0.15, 0.2) is 18.5 Å². The number of carbonyl (C=O) groups excluding carboxylic acids is 1. The molecule has 1 atom stereocenters. The molecule has 0 aliphatic carbocycles. The van der Waals surface area contributed by atoms with E-state index in [1.807, 2.05) is 0 Å². The quantitative estimate of drug-likeness (QED) is 0.798. The topological polar surface area (TPSA) is 53.4 Å². The summed E-state index contributed by atoms with van der Waals surface area (Å²) in [5, 5.41) is 9.30. The average Bonchev–Trinajstić information content (AvgIpc) is 2.16. The zero-order chi connectivity index (χ0) is 11.4. The number of rotatable bonds is 3. The summed E-state index contributed by atoms with van der Waals surface area (Å²) in [7, 11) is 1.64. The molecule has 0 bridgehead atoms. The molecule has 1 N–H and O–H groups in total. The number of aromatic nitrogens is 1. The lowest BCUT2D eigenvalue weighted by atomic mass is 10.2. The van der Waals surface area contributed by atoms with E-state index in [-0.39, 0.29) is 22.6 Å². The molecule has 0 spiro atoms. The number of hydrogen-bond acceptors (Lipinski definition) is 3. The van der Waals surface area contributed by atoms with E-state index in [0.29, 0.717) is 6.54 Å². The van der Waals surface area contributed by atoms with Crippen molar-refractivity contribution in [3.63, 3.8) is 0 Å². The minimum absolute atomic E-state index is 0.114. The summed E-state index contributed by atoms with van der Waals surface area (Å²) < 4.78 is 0. The van der Waals surface area contributed by atoms with Gasteiger partial charge in [-0.3, -0.25) is 9.78 Å². The van der Waals surface area contributed by atoms with E-state index >= 15 is 0 Å². The van der Waals surface area contributed by atoms with Gasteiger partial charge in [-0.1, -0.05) is 0 Å². The lowest BCUT2D eigenvalue weighted by Gasteiger charge is -2.18. The third kappa shape index (κ3) is 3.09. The van der Waals surface area contributed by atoms with E-state index in [1.54, 1.807) is 14.0 Å². The fourth-order valence-electron chi connectivity index (χ4n) is 1.23. The summed E-state index contributed by atoms with van der Waals surface area (Å²) in [6.07, 6.45) is 2.70. The van der Waals surface area contributed by atoms with E-state index in [4.69, 9.17) is 11.6 Å². The molecule has 1 aromatic heterocycles. The Morgan fingerprint density at radius 3 is 2.93 bits per heavy atom. The van der Waals surface area contributed by atoms with Crippen LogP contribution in [-0.4, -0.2) is 39.9 Å². The first kappa shape index (κ1) is 11.8. The first-order valence-electron chi connectivity index (χ1n) is 4.55. The van der Waals surface area contributed by atoms with Crippen LogP contribution in [0, 0.1) is 0 Å². The highest BCUT2D eigenvalue weighted by atomic mass is 35.5. The Morgan fingerprint density at radius 1 is 1.73 bits per heavy atom. The third-order valence-corrected chi connectivity index (χ3v) is 2.04. The second kappa shape index (κ2) is 4.98. The Bertz CT molecular complexity index is 355. The minimum atomic E-state index is -0.262. The fraction of sp³-hybridized carbons (Fsp3) is 0.400. The summed E-state index contributed by atoms with van der Waals surface area (Å²) in [6.45, 7) is 2.24. The van der Waals surface area contributed by atoms with Crippen molar-refractivity contribution in [2.24, 2.45) is 0 Å². The number of carbonyl (C=O) groups is 1. The molecule has 0 saturated heterocycles. The highest BCUT2D eigenvalue weighted by molar-refractivity contribution is 6.20. The van der Waals surface area contributed by atoms with Crippen molar-refractivity contribution in [1.82, 2.24) is 9.88 Å². The summed E-state index contributed by atoms with van der Waals surface area (Å²) in [6, 6.07) is 1.48. The van der Waals surface area contributed by atoms with E-state index in [0.717, 1.165) is 0 Å². The van der Waals surface area contributed by atoms with Crippen LogP contribution in [0.2, 0.25) is 0 Å². The Hall–Kier alpha value is -1.29. The van der Waals surface area contributed by atoms with Gasteiger partial charge in [-0.15, -0.1) is 11.6 Å². The molecular weight excluding hydrogens is 216 g/mol. The highest BCUT2D eigenvalue weighted by Crippen LogP contribution is 2.16. The highest BCUT2D eigenvalue weighted by Gasteiger charge is 2.16. The molecule has 1 aromatic rings.